The summed E-state index contributed by atoms with van der Waals surface area (Å²) in [6.07, 6.45) is 0. The van der Waals surface area contributed by atoms with Gasteiger partial charge >= 0.3 is 5.97 Å². The monoisotopic (exact) mass is 311 g/mol. The lowest BCUT2D eigenvalue weighted by Gasteiger charge is -2.14. The Bertz CT molecular complexity index is 513. The van der Waals surface area contributed by atoms with Crippen LogP contribution in [0.3, 0.4) is 0 Å². The summed E-state index contributed by atoms with van der Waals surface area (Å²) < 4.78 is 0.915. The minimum atomic E-state index is -0.882. The number of carboxylic acid groups (broad SMARTS) is 1. The summed E-state index contributed by atoms with van der Waals surface area (Å²) in [5.74, 6) is -0.882. The second-order valence-electron chi connectivity index (χ2n) is 3.44. The van der Waals surface area contributed by atoms with Crippen molar-refractivity contribution in [3.8, 4) is 0 Å². The van der Waals surface area contributed by atoms with Crippen molar-refractivity contribution in [2.75, 3.05) is 5.32 Å². The molecule has 17 heavy (non-hydrogen) atoms. The highest BCUT2D eigenvalue weighted by Gasteiger charge is 2.20. The molecule has 1 aromatic carbocycles. The zero-order chi connectivity index (χ0) is 12.3. The van der Waals surface area contributed by atoms with Crippen LogP contribution in [-0.2, 0) is 4.79 Å². The summed E-state index contributed by atoms with van der Waals surface area (Å²) in [6, 6.07) is 10.4. The van der Waals surface area contributed by atoms with Gasteiger partial charge in [0, 0.05) is 15.0 Å². The summed E-state index contributed by atoms with van der Waals surface area (Å²) in [5, 5.41) is 14.1. The van der Waals surface area contributed by atoms with Crippen molar-refractivity contribution in [2.24, 2.45) is 0 Å². The molecule has 2 N–H and O–H groups in total. The minimum Gasteiger partial charge on any atom is -0.479 e. The van der Waals surface area contributed by atoms with Crippen molar-refractivity contribution in [3.63, 3.8) is 0 Å². The van der Waals surface area contributed by atoms with E-state index in [9.17, 15) is 9.90 Å². The van der Waals surface area contributed by atoms with Crippen molar-refractivity contribution >= 4 is 38.9 Å². The molecule has 1 heterocycles. The highest BCUT2D eigenvalue weighted by atomic mass is 79.9. The summed E-state index contributed by atoms with van der Waals surface area (Å²) in [7, 11) is 0. The van der Waals surface area contributed by atoms with Gasteiger partial charge in [-0.3, -0.25) is 0 Å². The molecule has 1 atom stereocenters. The molecule has 0 aliphatic rings. The molecule has 1 unspecified atom stereocenters. The van der Waals surface area contributed by atoms with Crippen molar-refractivity contribution in [2.45, 2.75) is 6.04 Å². The standard InChI is InChI=1S/C12H10BrNO2S/c13-8-3-1-4-9(7-8)14-11(12(15)16)10-5-2-6-17-10/h1-7,11,14H,(H,15,16). The maximum Gasteiger partial charge on any atom is 0.331 e. The van der Waals surface area contributed by atoms with Gasteiger partial charge in [-0.05, 0) is 29.6 Å². The van der Waals surface area contributed by atoms with Gasteiger partial charge in [0.1, 0.15) is 0 Å². The number of nitrogens with one attached hydrogen (secondary N) is 1. The molecule has 0 fully saturated rings. The first-order valence-corrected chi connectivity index (χ1v) is 6.62. The van der Waals surface area contributed by atoms with E-state index in [1.165, 1.54) is 11.3 Å². The molecule has 88 valence electrons. The van der Waals surface area contributed by atoms with Crippen LogP contribution in [0.15, 0.2) is 46.3 Å². The smallest absolute Gasteiger partial charge is 0.331 e. The number of carboxylic acids is 1. The van der Waals surface area contributed by atoms with Gasteiger partial charge in [-0.25, -0.2) is 4.79 Å². The normalized spacial score (nSPS) is 12.1. The Hall–Kier alpha value is -1.33. The zero-order valence-corrected chi connectivity index (χ0v) is 11.2. The van der Waals surface area contributed by atoms with Gasteiger partial charge < -0.3 is 10.4 Å². The lowest BCUT2D eigenvalue weighted by Crippen LogP contribution is -2.19. The third kappa shape index (κ3) is 3.08. The third-order valence-corrected chi connectivity index (χ3v) is 3.64. The van der Waals surface area contributed by atoms with Crippen LogP contribution in [0.25, 0.3) is 0 Å². The van der Waals surface area contributed by atoms with Gasteiger partial charge in [-0.1, -0.05) is 28.1 Å². The first kappa shape index (κ1) is 12.1. The van der Waals surface area contributed by atoms with E-state index in [0.29, 0.717) is 0 Å². The van der Waals surface area contributed by atoms with E-state index in [1.54, 1.807) is 0 Å². The lowest BCUT2D eigenvalue weighted by atomic mass is 10.2. The van der Waals surface area contributed by atoms with Crippen molar-refractivity contribution < 1.29 is 9.90 Å². The molecule has 2 rings (SSSR count). The second-order valence-corrected chi connectivity index (χ2v) is 5.34. The molecule has 0 saturated carbocycles. The molecule has 0 radical (unpaired) electrons. The van der Waals surface area contributed by atoms with Crippen LogP contribution in [0.5, 0.6) is 0 Å². The molecular weight excluding hydrogens is 302 g/mol. The van der Waals surface area contributed by atoms with Crippen LogP contribution in [0.1, 0.15) is 10.9 Å². The Balaban J connectivity index is 2.22. The Labute approximate surface area is 111 Å². The van der Waals surface area contributed by atoms with Gasteiger partial charge in [0.25, 0.3) is 0 Å². The van der Waals surface area contributed by atoms with Crippen molar-refractivity contribution in [1.82, 2.24) is 0 Å². The molecule has 0 bridgehead atoms. The van der Waals surface area contributed by atoms with Gasteiger partial charge in [0.2, 0.25) is 0 Å². The van der Waals surface area contributed by atoms with Crippen molar-refractivity contribution in [3.05, 3.63) is 51.1 Å². The highest BCUT2D eigenvalue weighted by Crippen LogP contribution is 2.25. The molecule has 0 aliphatic heterocycles. The molecule has 0 aliphatic carbocycles. The van der Waals surface area contributed by atoms with E-state index in [0.717, 1.165) is 15.0 Å². The van der Waals surface area contributed by atoms with E-state index < -0.39 is 12.0 Å². The summed E-state index contributed by atoms with van der Waals surface area (Å²) >= 11 is 4.78. The van der Waals surface area contributed by atoms with E-state index in [2.05, 4.69) is 21.2 Å². The predicted molar refractivity (Wildman–Crippen MR) is 72.5 cm³/mol. The fourth-order valence-electron chi connectivity index (χ4n) is 1.46. The van der Waals surface area contributed by atoms with E-state index in [4.69, 9.17) is 0 Å². The van der Waals surface area contributed by atoms with Crippen LogP contribution >= 0.6 is 27.3 Å². The van der Waals surface area contributed by atoms with E-state index in [1.807, 2.05) is 41.8 Å². The number of rotatable bonds is 4. The van der Waals surface area contributed by atoms with Crippen LogP contribution in [-0.4, -0.2) is 11.1 Å². The number of carbonyl (C=O) groups is 1. The topological polar surface area (TPSA) is 49.3 Å². The number of halogens is 1. The summed E-state index contributed by atoms with van der Waals surface area (Å²) in [5.41, 5.74) is 0.778. The highest BCUT2D eigenvalue weighted by molar-refractivity contribution is 9.10. The van der Waals surface area contributed by atoms with Crippen LogP contribution in [0, 0.1) is 0 Å². The minimum absolute atomic E-state index is 0.704. The second kappa shape index (κ2) is 5.33. The van der Waals surface area contributed by atoms with E-state index in [-0.39, 0.29) is 0 Å². The fourth-order valence-corrected chi connectivity index (χ4v) is 2.62. The van der Waals surface area contributed by atoms with Gasteiger partial charge in [0.15, 0.2) is 6.04 Å². The van der Waals surface area contributed by atoms with Crippen LogP contribution in [0.4, 0.5) is 5.69 Å². The summed E-state index contributed by atoms with van der Waals surface area (Å²) in [6.45, 7) is 0. The third-order valence-electron chi connectivity index (χ3n) is 2.21. The van der Waals surface area contributed by atoms with Crippen LogP contribution in [0.2, 0.25) is 0 Å². The fraction of sp³-hybridized carbons (Fsp3) is 0.0833. The van der Waals surface area contributed by atoms with Gasteiger partial charge in [-0.2, -0.15) is 0 Å². The zero-order valence-electron chi connectivity index (χ0n) is 8.76. The molecule has 1 aromatic heterocycles. The van der Waals surface area contributed by atoms with Gasteiger partial charge in [-0.15, -0.1) is 11.3 Å². The average Bonchev–Trinajstić information content (AvgIpc) is 2.78. The van der Waals surface area contributed by atoms with Crippen molar-refractivity contribution in [1.29, 1.82) is 0 Å². The molecule has 3 nitrogen and oxygen atoms in total. The summed E-state index contributed by atoms with van der Waals surface area (Å²) in [4.78, 5) is 12.0. The Morgan fingerprint density at radius 1 is 1.35 bits per heavy atom. The molecule has 5 heteroatoms. The molecule has 2 aromatic rings. The number of hydrogen-bond donors (Lipinski definition) is 2. The number of hydrogen-bond acceptors (Lipinski definition) is 3. The Kier molecular flexibility index (Phi) is 3.81. The number of thiophene rings is 1. The maximum absolute atomic E-state index is 11.2. The lowest BCUT2D eigenvalue weighted by molar-refractivity contribution is -0.138. The average molecular weight is 312 g/mol. The maximum atomic E-state index is 11.2. The van der Waals surface area contributed by atoms with Gasteiger partial charge in [0.05, 0.1) is 0 Å². The first-order valence-electron chi connectivity index (χ1n) is 4.95. The largest absolute Gasteiger partial charge is 0.479 e. The molecular formula is C12H10BrNO2S. The quantitative estimate of drug-likeness (QED) is 0.904. The SMILES string of the molecule is O=C(O)C(Nc1cccc(Br)c1)c1cccs1. The molecule has 0 spiro atoms. The van der Waals surface area contributed by atoms with E-state index >= 15 is 0 Å². The molecule has 0 saturated heterocycles. The molecule has 0 amide bonds. The number of benzene rings is 1. The number of aliphatic carboxylic acids is 1. The predicted octanol–water partition coefficient (Wildman–Crippen LogP) is 3.75. The number of anilines is 1. The Morgan fingerprint density at radius 3 is 2.76 bits per heavy atom. The first-order chi connectivity index (χ1) is 8.16. The Morgan fingerprint density at radius 2 is 2.18 bits per heavy atom. The van der Waals surface area contributed by atoms with Crippen LogP contribution < -0.4 is 5.32 Å².